The molecule has 2 aromatic carbocycles. The van der Waals surface area contributed by atoms with Gasteiger partial charge in [-0.15, -0.1) is 0 Å². The maximum atomic E-state index is 12.2. The average molecular weight is 338 g/mol. The predicted molar refractivity (Wildman–Crippen MR) is 91.0 cm³/mol. The highest BCUT2D eigenvalue weighted by Crippen LogP contribution is 2.29. The first-order valence-electron chi connectivity index (χ1n) is 7.02. The van der Waals surface area contributed by atoms with E-state index in [1.54, 1.807) is 25.1 Å². The Hall–Kier alpha value is -1.71. The summed E-state index contributed by atoms with van der Waals surface area (Å²) in [5, 5.41) is 3.44. The lowest BCUT2D eigenvalue weighted by Gasteiger charge is -2.17. The van der Waals surface area contributed by atoms with E-state index >= 15 is 0 Å². The zero-order valence-corrected chi connectivity index (χ0v) is 13.9. The Morgan fingerprint density at radius 1 is 1.18 bits per heavy atom. The summed E-state index contributed by atoms with van der Waals surface area (Å²) in [5.74, 6) is 0.430. The van der Waals surface area contributed by atoms with Crippen LogP contribution in [0.15, 0.2) is 42.5 Å². The van der Waals surface area contributed by atoms with E-state index in [0.717, 1.165) is 12.0 Å². The molecule has 1 N–H and O–H groups in total. The lowest BCUT2D eigenvalue weighted by molar-refractivity contribution is -0.122. The minimum Gasteiger partial charge on any atom is -0.481 e. The Morgan fingerprint density at radius 3 is 2.64 bits per heavy atom. The van der Waals surface area contributed by atoms with Gasteiger partial charge in [-0.3, -0.25) is 4.79 Å². The van der Waals surface area contributed by atoms with Crippen LogP contribution in [0.2, 0.25) is 10.0 Å². The molecule has 0 heterocycles. The normalized spacial score (nSPS) is 11.8. The molecule has 116 valence electrons. The van der Waals surface area contributed by atoms with E-state index in [-0.39, 0.29) is 5.91 Å². The number of para-hydroxylation sites is 1. The molecule has 0 fully saturated rings. The summed E-state index contributed by atoms with van der Waals surface area (Å²) < 4.78 is 5.75. The standard InChI is InChI=1S/C17H17Cl2NO2/c1-3-12-7-4-5-10-15(12)22-11(2)17(21)20-14-9-6-8-13(18)16(14)19/h4-11H,3H2,1-2H3,(H,20,21)/t11-/m1/s1. The second-order valence-corrected chi connectivity index (χ2v) is 5.60. The van der Waals surface area contributed by atoms with Gasteiger partial charge in [0.25, 0.3) is 5.91 Å². The Balaban J connectivity index is 2.08. The SMILES string of the molecule is CCc1ccccc1O[C@H](C)C(=O)Nc1cccc(Cl)c1Cl. The van der Waals surface area contributed by atoms with E-state index in [1.807, 2.05) is 31.2 Å². The van der Waals surface area contributed by atoms with Crippen LogP contribution in [-0.4, -0.2) is 12.0 Å². The molecular formula is C17H17Cl2NO2. The number of hydrogen-bond donors (Lipinski definition) is 1. The maximum Gasteiger partial charge on any atom is 0.265 e. The molecule has 0 saturated heterocycles. The number of anilines is 1. The van der Waals surface area contributed by atoms with Crippen LogP contribution in [0.4, 0.5) is 5.69 Å². The summed E-state index contributed by atoms with van der Waals surface area (Å²) in [7, 11) is 0. The van der Waals surface area contributed by atoms with Crippen LogP contribution in [0.3, 0.4) is 0 Å². The molecule has 2 aromatic rings. The van der Waals surface area contributed by atoms with Gasteiger partial charge in [-0.25, -0.2) is 0 Å². The van der Waals surface area contributed by atoms with E-state index in [1.165, 1.54) is 0 Å². The van der Waals surface area contributed by atoms with E-state index in [0.29, 0.717) is 21.5 Å². The third-order valence-electron chi connectivity index (χ3n) is 3.24. The largest absolute Gasteiger partial charge is 0.481 e. The summed E-state index contributed by atoms with van der Waals surface area (Å²) in [4.78, 5) is 12.2. The van der Waals surface area contributed by atoms with E-state index < -0.39 is 6.10 Å². The molecule has 0 unspecified atom stereocenters. The van der Waals surface area contributed by atoms with Crippen molar-refractivity contribution in [1.29, 1.82) is 0 Å². The highest BCUT2D eigenvalue weighted by molar-refractivity contribution is 6.44. The molecule has 0 spiro atoms. The predicted octanol–water partition coefficient (Wildman–Crippen LogP) is 4.96. The molecule has 3 nitrogen and oxygen atoms in total. The smallest absolute Gasteiger partial charge is 0.265 e. The van der Waals surface area contributed by atoms with Crippen molar-refractivity contribution in [2.45, 2.75) is 26.4 Å². The number of carbonyl (C=O) groups excluding carboxylic acids is 1. The van der Waals surface area contributed by atoms with Crippen LogP contribution < -0.4 is 10.1 Å². The van der Waals surface area contributed by atoms with Crippen molar-refractivity contribution in [3.8, 4) is 5.75 Å². The minimum atomic E-state index is -0.650. The molecule has 1 atom stereocenters. The zero-order valence-electron chi connectivity index (χ0n) is 12.4. The topological polar surface area (TPSA) is 38.3 Å². The van der Waals surface area contributed by atoms with Crippen LogP contribution in [0.25, 0.3) is 0 Å². The van der Waals surface area contributed by atoms with E-state index in [9.17, 15) is 4.79 Å². The quantitative estimate of drug-likeness (QED) is 0.837. The van der Waals surface area contributed by atoms with Crippen LogP contribution in [0, 0.1) is 0 Å². The monoisotopic (exact) mass is 337 g/mol. The molecule has 0 aliphatic heterocycles. The summed E-state index contributed by atoms with van der Waals surface area (Å²) in [6, 6.07) is 12.7. The Kier molecular flexibility index (Phi) is 5.69. The van der Waals surface area contributed by atoms with Crippen molar-refractivity contribution >= 4 is 34.8 Å². The van der Waals surface area contributed by atoms with Crippen molar-refractivity contribution in [3.63, 3.8) is 0 Å². The van der Waals surface area contributed by atoms with Crippen LogP contribution in [0.1, 0.15) is 19.4 Å². The molecule has 0 aromatic heterocycles. The van der Waals surface area contributed by atoms with E-state index in [2.05, 4.69) is 5.32 Å². The van der Waals surface area contributed by atoms with Crippen molar-refractivity contribution < 1.29 is 9.53 Å². The molecule has 5 heteroatoms. The Bertz CT molecular complexity index is 673. The summed E-state index contributed by atoms with van der Waals surface area (Å²) >= 11 is 12.0. The Labute approximate surface area is 140 Å². The van der Waals surface area contributed by atoms with Gasteiger partial charge in [0.2, 0.25) is 0 Å². The van der Waals surface area contributed by atoms with Gasteiger partial charge in [0.05, 0.1) is 15.7 Å². The Morgan fingerprint density at radius 2 is 1.91 bits per heavy atom. The molecule has 1 amide bonds. The third-order valence-corrected chi connectivity index (χ3v) is 4.05. The van der Waals surface area contributed by atoms with Crippen molar-refractivity contribution in [2.24, 2.45) is 0 Å². The molecule has 0 aliphatic rings. The molecule has 0 radical (unpaired) electrons. The average Bonchev–Trinajstić information content (AvgIpc) is 2.52. The van der Waals surface area contributed by atoms with Gasteiger partial charge in [0.1, 0.15) is 5.75 Å². The van der Waals surface area contributed by atoms with Gasteiger partial charge in [0.15, 0.2) is 6.10 Å². The number of ether oxygens (including phenoxy) is 1. The number of amides is 1. The number of halogens is 2. The number of aryl methyl sites for hydroxylation is 1. The maximum absolute atomic E-state index is 12.2. The summed E-state index contributed by atoms with van der Waals surface area (Å²) in [5.41, 5.74) is 1.53. The van der Waals surface area contributed by atoms with Crippen LogP contribution in [0.5, 0.6) is 5.75 Å². The zero-order chi connectivity index (χ0) is 16.1. The first-order valence-corrected chi connectivity index (χ1v) is 7.78. The molecule has 0 saturated carbocycles. The molecule has 2 rings (SSSR count). The first kappa shape index (κ1) is 16.7. The highest BCUT2D eigenvalue weighted by atomic mass is 35.5. The number of hydrogen-bond acceptors (Lipinski definition) is 2. The molecule has 22 heavy (non-hydrogen) atoms. The van der Waals surface area contributed by atoms with Gasteiger partial charge in [-0.1, -0.05) is 54.4 Å². The molecular weight excluding hydrogens is 321 g/mol. The highest BCUT2D eigenvalue weighted by Gasteiger charge is 2.17. The minimum absolute atomic E-state index is 0.282. The number of rotatable bonds is 5. The van der Waals surface area contributed by atoms with Crippen molar-refractivity contribution in [1.82, 2.24) is 0 Å². The second kappa shape index (κ2) is 7.52. The lowest BCUT2D eigenvalue weighted by atomic mass is 10.1. The number of benzene rings is 2. The molecule has 0 bridgehead atoms. The summed E-state index contributed by atoms with van der Waals surface area (Å²) in [6.07, 6.45) is 0.188. The van der Waals surface area contributed by atoms with Gasteiger partial charge >= 0.3 is 0 Å². The van der Waals surface area contributed by atoms with Gasteiger partial charge in [-0.05, 0) is 37.1 Å². The van der Waals surface area contributed by atoms with Crippen LogP contribution in [-0.2, 0) is 11.2 Å². The summed E-state index contributed by atoms with van der Waals surface area (Å²) in [6.45, 7) is 3.74. The number of nitrogens with one attached hydrogen (secondary N) is 1. The van der Waals surface area contributed by atoms with Crippen molar-refractivity contribution in [3.05, 3.63) is 58.1 Å². The molecule has 0 aliphatic carbocycles. The van der Waals surface area contributed by atoms with E-state index in [4.69, 9.17) is 27.9 Å². The fourth-order valence-electron chi connectivity index (χ4n) is 1.99. The first-order chi connectivity index (χ1) is 10.5. The van der Waals surface area contributed by atoms with Gasteiger partial charge in [-0.2, -0.15) is 0 Å². The van der Waals surface area contributed by atoms with Crippen LogP contribution >= 0.6 is 23.2 Å². The van der Waals surface area contributed by atoms with Crippen molar-refractivity contribution in [2.75, 3.05) is 5.32 Å². The third kappa shape index (κ3) is 3.93. The fraction of sp³-hybridized carbons (Fsp3) is 0.235. The van der Waals surface area contributed by atoms with Gasteiger partial charge in [0, 0.05) is 0 Å². The van der Waals surface area contributed by atoms with Gasteiger partial charge < -0.3 is 10.1 Å². The number of carbonyl (C=O) groups is 1. The second-order valence-electron chi connectivity index (χ2n) is 4.81. The lowest BCUT2D eigenvalue weighted by Crippen LogP contribution is -2.30. The fourth-order valence-corrected chi connectivity index (χ4v) is 2.34.